The van der Waals surface area contributed by atoms with Gasteiger partial charge in [-0.05, 0) is 49.1 Å². The molecule has 0 radical (unpaired) electrons. The Kier molecular flexibility index (Phi) is 7.70. The van der Waals surface area contributed by atoms with Gasteiger partial charge < -0.3 is 19.1 Å². The molecule has 1 atom stereocenters. The molecule has 2 aromatic rings. The largest absolute Gasteiger partial charge is 0.493 e. The maximum absolute atomic E-state index is 13.0. The van der Waals surface area contributed by atoms with Crippen molar-refractivity contribution in [2.75, 3.05) is 26.9 Å². The smallest absolute Gasteiger partial charge is 0.246 e. The predicted octanol–water partition coefficient (Wildman–Crippen LogP) is 4.31. The number of rotatable bonds is 9. The van der Waals surface area contributed by atoms with Crippen LogP contribution in [0.3, 0.4) is 0 Å². The maximum Gasteiger partial charge on any atom is 0.246 e. The Morgan fingerprint density at radius 2 is 2.03 bits per heavy atom. The highest BCUT2D eigenvalue weighted by Crippen LogP contribution is 2.28. The van der Waals surface area contributed by atoms with Crippen molar-refractivity contribution in [3.8, 4) is 11.5 Å². The molecule has 2 aromatic carbocycles. The first kappa shape index (κ1) is 20.9. The minimum Gasteiger partial charge on any atom is -0.493 e. The Bertz CT molecular complexity index is 813. The quantitative estimate of drug-likeness (QED) is 0.594. The summed E-state index contributed by atoms with van der Waals surface area (Å²) in [7, 11) is 1.61. The Morgan fingerprint density at radius 1 is 1.21 bits per heavy atom. The van der Waals surface area contributed by atoms with E-state index < -0.39 is 0 Å². The molecule has 1 saturated heterocycles. The van der Waals surface area contributed by atoms with E-state index in [0.29, 0.717) is 31.2 Å². The molecule has 1 heterocycles. The van der Waals surface area contributed by atoms with E-state index in [1.165, 1.54) is 0 Å². The van der Waals surface area contributed by atoms with E-state index in [9.17, 15) is 4.79 Å². The van der Waals surface area contributed by atoms with Crippen molar-refractivity contribution in [1.29, 1.82) is 0 Å². The fourth-order valence-corrected chi connectivity index (χ4v) is 3.41. The topological polar surface area (TPSA) is 48.0 Å². The Balaban J connectivity index is 1.72. The number of ether oxygens (including phenoxy) is 3. The lowest BCUT2D eigenvalue weighted by molar-refractivity contribution is -0.128. The SMILES string of the molecule is CCOc1ccc(C=CC(=O)N(Cc2ccccc2)CC2CCCO2)cc1OC. The van der Waals surface area contributed by atoms with E-state index in [4.69, 9.17) is 14.2 Å². The summed E-state index contributed by atoms with van der Waals surface area (Å²) in [5.74, 6) is 1.32. The van der Waals surface area contributed by atoms with Crippen LogP contribution in [0.15, 0.2) is 54.6 Å². The van der Waals surface area contributed by atoms with Crippen molar-refractivity contribution >= 4 is 12.0 Å². The number of methoxy groups -OCH3 is 1. The first-order valence-corrected chi connectivity index (χ1v) is 10.1. The molecular formula is C24H29NO4. The zero-order valence-electron chi connectivity index (χ0n) is 17.2. The zero-order chi connectivity index (χ0) is 20.5. The second kappa shape index (κ2) is 10.7. The third kappa shape index (κ3) is 6.09. The molecular weight excluding hydrogens is 366 g/mol. The van der Waals surface area contributed by atoms with E-state index in [0.717, 1.165) is 30.6 Å². The lowest BCUT2D eigenvalue weighted by Gasteiger charge is -2.24. The summed E-state index contributed by atoms with van der Waals surface area (Å²) in [6, 6.07) is 15.7. The van der Waals surface area contributed by atoms with Crippen LogP contribution in [0.5, 0.6) is 11.5 Å². The standard InChI is InChI=1S/C24H29NO4/c1-3-28-22-13-11-19(16-23(22)27-2)12-14-24(26)25(18-21-10-7-15-29-21)17-20-8-5-4-6-9-20/h4-6,8-9,11-14,16,21H,3,7,10,15,17-18H2,1-2H3. The van der Waals surface area contributed by atoms with Crippen molar-refractivity contribution in [1.82, 2.24) is 4.90 Å². The minimum atomic E-state index is -0.0304. The van der Waals surface area contributed by atoms with Crippen LogP contribution in [-0.2, 0) is 16.1 Å². The Morgan fingerprint density at radius 3 is 2.72 bits per heavy atom. The normalized spacial score (nSPS) is 16.1. The number of carbonyl (C=O) groups excluding carboxylic acids is 1. The van der Waals surface area contributed by atoms with Crippen LogP contribution >= 0.6 is 0 Å². The highest BCUT2D eigenvalue weighted by Gasteiger charge is 2.21. The van der Waals surface area contributed by atoms with Crippen LogP contribution < -0.4 is 9.47 Å². The lowest BCUT2D eigenvalue weighted by Crippen LogP contribution is -2.35. The number of benzene rings is 2. The van der Waals surface area contributed by atoms with Gasteiger partial charge in [0, 0.05) is 25.8 Å². The second-order valence-electron chi connectivity index (χ2n) is 7.02. The minimum absolute atomic E-state index is 0.0304. The zero-order valence-corrected chi connectivity index (χ0v) is 17.2. The van der Waals surface area contributed by atoms with Crippen molar-refractivity contribution in [2.24, 2.45) is 0 Å². The third-order valence-corrected chi connectivity index (χ3v) is 4.88. The molecule has 154 valence electrons. The van der Waals surface area contributed by atoms with Crippen LogP contribution in [0.2, 0.25) is 0 Å². The van der Waals surface area contributed by atoms with E-state index in [2.05, 4.69) is 0 Å². The number of amides is 1. The number of hydrogen-bond acceptors (Lipinski definition) is 4. The van der Waals surface area contributed by atoms with Crippen LogP contribution in [0.25, 0.3) is 6.08 Å². The summed E-state index contributed by atoms with van der Waals surface area (Å²) in [5, 5.41) is 0. The summed E-state index contributed by atoms with van der Waals surface area (Å²) in [6.45, 7) is 4.45. The molecule has 1 aliphatic rings. The van der Waals surface area contributed by atoms with Crippen molar-refractivity contribution in [3.05, 3.63) is 65.7 Å². The van der Waals surface area contributed by atoms with Gasteiger partial charge >= 0.3 is 0 Å². The van der Waals surface area contributed by atoms with Gasteiger partial charge in [0.05, 0.1) is 19.8 Å². The Labute approximate surface area is 172 Å². The first-order valence-electron chi connectivity index (χ1n) is 10.1. The van der Waals surface area contributed by atoms with E-state index in [1.807, 2.05) is 66.4 Å². The summed E-state index contributed by atoms with van der Waals surface area (Å²) in [4.78, 5) is 14.8. The summed E-state index contributed by atoms with van der Waals surface area (Å²) < 4.78 is 16.7. The molecule has 1 unspecified atom stereocenters. The van der Waals surface area contributed by atoms with Gasteiger partial charge in [-0.25, -0.2) is 0 Å². The van der Waals surface area contributed by atoms with Gasteiger partial charge in [0.25, 0.3) is 0 Å². The van der Waals surface area contributed by atoms with Crippen LogP contribution in [0, 0.1) is 0 Å². The number of nitrogens with zero attached hydrogens (tertiary/aromatic N) is 1. The molecule has 1 fully saturated rings. The van der Waals surface area contributed by atoms with Crippen molar-refractivity contribution in [2.45, 2.75) is 32.4 Å². The lowest BCUT2D eigenvalue weighted by atomic mass is 10.1. The van der Waals surface area contributed by atoms with Gasteiger partial charge in [0.1, 0.15) is 0 Å². The fourth-order valence-electron chi connectivity index (χ4n) is 3.41. The van der Waals surface area contributed by atoms with E-state index in [-0.39, 0.29) is 12.0 Å². The average Bonchev–Trinajstić information content (AvgIpc) is 3.26. The molecule has 0 spiro atoms. The van der Waals surface area contributed by atoms with Gasteiger partial charge in [0.2, 0.25) is 5.91 Å². The molecule has 29 heavy (non-hydrogen) atoms. The molecule has 0 saturated carbocycles. The van der Waals surface area contributed by atoms with Gasteiger partial charge in [-0.2, -0.15) is 0 Å². The highest BCUT2D eigenvalue weighted by atomic mass is 16.5. The fraction of sp³-hybridized carbons (Fsp3) is 0.375. The molecule has 3 rings (SSSR count). The predicted molar refractivity (Wildman–Crippen MR) is 114 cm³/mol. The van der Waals surface area contributed by atoms with E-state index in [1.54, 1.807) is 13.2 Å². The molecule has 0 N–H and O–H groups in total. The van der Waals surface area contributed by atoms with Gasteiger partial charge in [0.15, 0.2) is 11.5 Å². The van der Waals surface area contributed by atoms with Gasteiger partial charge in [-0.3, -0.25) is 4.79 Å². The number of hydrogen-bond donors (Lipinski definition) is 0. The van der Waals surface area contributed by atoms with Crippen LogP contribution in [0.4, 0.5) is 0 Å². The van der Waals surface area contributed by atoms with Gasteiger partial charge in [-0.15, -0.1) is 0 Å². The first-order chi connectivity index (χ1) is 14.2. The van der Waals surface area contributed by atoms with E-state index >= 15 is 0 Å². The molecule has 0 bridgehead atoms. The second-order valence-corrected chi connectivity index (χ2v) is 7.02. The third-order valence-electron chi connectivity index (χ3n) is 4.88. The molecule has 5 nitrogen and oxygen atoms in total. The van der Waals surface area contributed by atoms with Gasteiger partial charge in [-0.1, -0.05) is 36.4 Å². The van der Waals surface area contributed by atoms with Crippen molar-refractivity contribution < 1.29 is 19.0 Å². The van der Waals surface area contributed by atoms with Crippen molar-refractivity contribution in [3.63, 3.8) is 0 Å². The molecule has 1 amide bonds. The molecule has 0 aliphatic carbocycles. The summed E-state index contributed by atoms with van der Waals surface area (Å²) in [6.07, 6.45) is 5.60. The summed E-state index contributed by atoms with van der Waals surface area (Å²) in [5.41, 5.74) is 1.99. The monoisotopic (exact) mass is 395 g/mol. The molecule has 1 aliphatic heterocycles. The van der Waals surface area contributed by atoms with Crippen LogP contribution in [0.1, 0.15) is 30.9 Å². The Hall–Kier alpha value is -2.79. The summed E-state index contributed by atoms with van der Waals surface area (Å²) >= 11 is 0. The highest BCUT2D eigenvalue weighted by molar-refractivity contribution is 5.91. The maximum atomic E-state index is 13.0. The number of carbonyl (C=O) groups is 1. The molecule has 0 aromatic heterocycles. The van der Waals surface area contributed by atoms with Crippen LogP contribution in [-0.4, -0.2) is 43.8 Å². The molecule has 5 heteroatoms. The average molecular weight is 395 g/mol.